The summed E-state index contributed by atoms with van der Waals surface area (Å²) >= 11 is 6.02. The van der Waals surface area contributed by atoms with E-state index in [4.69, 9.17) is 16.2 Å². The van der Waals surface area contributed by atoms with E-state index >= 15 is 4.39 Å². The molecule has 1 atom stereocenters. The van der Waals surface area contributed by atoms with Gasteiger partial charge in [0.25, 0.3) is 10.1 Å². The zero-order valence-electron chi connectivity index (χ0n) is 26.9. The summed E-state index contributed by atoms with van der Waals surface area (Å²) < 4.78 is 46.3. The van der Waals surface area contributed by atoms with E-state index in [1.54, 1.807) is 42.5 Å². The second-order valence-electron chi connectivity index (χ2n) is 12.8. The lowest BCUT2D eigenvalue weighted by molar-refractivity contribution is -0.117. The highest BCUT2D eigenvalue weighted by atomic mass is 35.5. The zero-order chi connectivity index (χ0) is 34.4. The molecule has 0 fully saturated rings. The Morgan fingerprint density at radius 1 is 0.957 bits per heavy atom. The minimum absolute atomic E-state index is 0.0104. The number of amides is 1. The number of hydrogen-bond donors (Lipinski definition) is 2. The number of carbonyl (C=O) groups is 2. The molecule has 4 aromatic carbocycles. The Morgan fingerprint density at radius 3 is 2.19 bits per heavy atom. The Morgan fingerprint density at radius 2 is 1.60 bits per heavy atom. The Labute approximate surface area is 281 Å². The fourth-order valence-electron chi connectivity index (χ4n) is 5.11. The van der Waals surface area contributed by atoms with Crippen LogP contribution in [0.25, 0.3) is 17.2 Å². The Hall–Kier alpha value is -4.11. The van der Waals surface area contributed by atoms with Crippen LogP contribution in [0, 0.1) is 18.2 Å². The predicted octanol–water partition coefficient (Wildman–Crippen LogP) is 9.33. The molecule has 246 valence electrons. The molecule has 1 amide bonds. The molecule has 0 aliphatic rings. The van der Waals surface area contributed by atoms with Gasteiger partial charge in [-0.1, -0.05) is 105 Å². The number of hydrogen-bond acceptors (Lipinski definition) is 4. The first kappa shape index (κ1) is 35.7. The number of allylic oxidation sites excluding steroid dienone is 1. The van der Waals surface area contributed by atoms with Crippen molar-refractivity contribution in [3.8, 4) is 11.1 Å². The van der Waals surface area contributed by atoms with Crippen LogP contribution in [0.1, 0.15) is 72.1 Å². The number of ketones is 1. The first-order chi connectivity index (χ1) is 22.1. The molecule has 9 heteroatoms. The molecule has 6 nitrogen and oxygen atoms in total. The summed E-state index contributed by atoms with van der Waals surface area (Å²) in [6.07, 6.45) is 4.41. The SMILES string of the molecule is Cc1cc(NC(=O)C(Cc2ccc(C(=O)CCCS(=O)(=O)O)cc2)c2ccc(/C=C/C(C)(C)C)cc2)c(F)cc1-c1ccc(Cl)cc1. The van der Waals surface area contributed by atoms with E-state index in [0.717, 1.165) is 27.8 Å². The van der Waals surface area contributed by atoms with Gasteiger partial charge in [0.1, 0.15) is 5.82 Å². The fraction of sp³-hybridized carbons (Fsp3) is 0.263. The molecule has 47 heavy (non-hydrogen) atoms. The summed E-state index contributed by atoms with van der Waals surface area (Å²) in [6.45, 7) is 8.18. The Kier molecular flexibility index (Phi) is 11.6. The van der Waals surface area contributed by atoms with Crippen molar-refractivity contribution in [3.63, 3.8) is 0 Å². The first-order valence-corrected chi connectivity index (χ1v) is 17.3. The molecule has 2 N–H and O–H groups in total. The Bertz CT molecular complexity index is 1860. The molecule has 0 aliphatic heterocycles. The van der Waals surface area contributed by atoms with Crippen molar-refractivity contribution in [2.24, 2.45) is 5.41 Å². The molecular weight excluding hydrogens is 637 g/mol. The van der Waals surface area contributed by atoms with Crippen LogP contribution in [-0.4, -0.2) is 30.4 Å². The van der Waals surface area contributed by atoms with E-state index in [1.165, 1.54) is 6.07 Å². The van der Waals surface area contributed by atoms with Crippen LogP contribution in [0.15, 0.2) is 91.0 Å². The van der Waals surface area contributed by atoms with Crippen LogP contribution in [0.2, 0.25) is 5.02 Å². The number of Topliss-reactive ketones (excluding diaryl/α,β-unsaturated/α-hetero) is 1. The number of benzene rings is 4. The lowest BCUT2D eigenvalue weighted by Crippen LogP contribution is -2.23. The number of nitrogens with one attached hydrogen (secondary N) is 1. The molecule has 1 unspecified atom stereocenters. The average Bonchev–Trinajstić information content (AvgIpc) is 3.00. The summed E-state index contributed by atoms with van der Waals surface area (Å²) in [5.74, 6) is -2.36. The lowest BCUT2D eigenvalue weighted by Gasteiger charge is -2.19. The third kappa shape index (κ3) is 10.7. The van der Waals surface area contributed by atoms with Crippen molar-refractivity contribution in [1.29, 1.82) is 0 Å². The van der Waals surface area contributed by atoms with E-state index in [9.17, 15) is 18.0 Å². The van der Waals surface area contributed by atoms with Crippen LogP contribution in [0.4, 0.5) is 10.1 Å². The number of anilines is 1. The van der Waals surface area contributed by atoms with Crippen LogP contribution in [0.5, 0.6) is 0 Å². The van der Waals surface area contributed by atoms with Crippen molar-refractivity contribution in [3.05, 3.63) is 130 Å². The summed E-state index contributed by atoms with van der Waals surface area (Å²) in [5.41, 5.74) is 5.29. The summed E-state index contributed by atoms with van der Waals surface area (Å²) in [6, 6.07) is 24.6. The minimum atomic E-state index is -4.14. The van der Waals surface area contributed by atoms with E-state index in [1.807, 2.05) is 49.4 Å². The van der Waals surface area contributed by atoms with Gasteiger partial charge in [-0.2, -0.15) is 8.42 Å². The van der Waals surface area contributed by atoms with E-state index in [-0.39, 0.29) is 42.1 Å². The molecule has 0 radical (unpaired) electrons. The third-order valence-corrected chi connectivity index (χ3v) is 8.74. The molecule has 0 aromatic heterocycles. The minimum Gasteiger partial charge on any atom is -0.323 e. The van der Waals surface area contributed by atoms with Gasteiger partial charge < -0.3 is 5.32 Å². The van der Waals surface area contributed by atoms with Crippen LogP contribution in [-0.2, 0) is 21.3 Å². The molecular formula is C38H39ClFNO5S. The summed E-state index contributed by atoms with van der Waals surface area (Å²) in [7, 11) is -4.14. The normalized spacial score (nSPS) is 12.7. The highest BCUT2D eigenvalue weighted by molar-refractivity contribution is 7.85. The average molecular weight is 676 g/mol. The van der Waals surface area contributed by atoms with Gasteiger partial charge in [-0.25, -0.2) is 4.39 Å². The maximum absolute atomic E-state index is 15.4. The maximum Gasteiger partial charge on any atom is 0.264 e. The van der Waals surface area contributed by atoms with Crippen molar-refractivity contribution in [2.75, 3.05) is 11.1 Å². The standard InChI is InChI=1S/C38H39ClFNO5S/c1-25-22-35(34(40)24-32(25)28-15-17-31(39)18-16-28)41-37(43)33(29-11-7-26(8-12-29)19-20-38(2,3)4)23-27-9-13-30(14-10-27)36(42)6-5-21-47(44,45)46/h7-20,22,24,33H,5-6,21,23H2,1-4H3,(H,41,43)(H,44,45,46)/b20-19+. The molecule has 4 aromatic rings. The zero-order valence-corrected chi connectivity index (χ0v) is 28.5. The van der Waals surface area contributed by atoms with Crippen LogP contribution >= 0.6 is 11.6 Å². The van der Waals surface area contributed by atoms with Gasteiger partial charge >= 0.3 is 0 Å². The van der Waals surface area contributed by atoms with Gasteiger partial charge in [0.05, 0.1) is 17.4 Å². The molecule has 0 bridgehead atoms. The lowest BCUT2D eigenvalue weighted by atomic mass is 9.89. The van der Waals surface area contributed by atoms with Crippen LogP contribution < -0.4 is 5.32 Å². The highest BCUT2D eigenvalue weighted by Gasteiger charge is 2.23. The van der Waals surface area contributed by atoms with Gasteiger partial charge in [0.2, 0.25) is 5.91 Å². The molecule has 0 aliphatic carbocycles. The maximum atomic E-state index is 15.4. The van der Waals surface area contributed by atoms with E-state index < -0.39 is 27.6 Å². The smallest absolute Gasteiger partial charge is 0.264 e. The third-order valence-electron chi connectivity index (χ3n) is 7.68. The topological polar surface area (TPSA) is 101 Å². The van der Waals surface area contributed by atoms with Crippen molar-refractivity contribution >= 4 is 45.2 Å². The number of halogens is 2. The molecule has 0 saturated carbocycles. The molecule has 0 heterocycles. The number of carbonyl (C=O) groups excluding carboxylic acids is 2. The van der Waals surface area contributed by atoms with Crippen molar-refractivity contribution in [2.45, 2.75) is 52.9 Å². The monoisotopic (exact) mass is 675 g/mol. The summed E-state index contributed by atoms with van der Waals surface area (Å²) in [5, 5.41) is 3.39. The highest BCUT2D eigenvalue weighted by Crippen LogP contribution is 2.31. The van der Waals surface area contributed by atoms with Crippen LogP contribution in [0.3, 0.4) is 0 Å². The second-order valence-corrected chi connectivity index (χ2v) is 14.8. The van der Waals surface area contributed by atoms with Gasteiger partial charge in [0.15, 0.2) is 5.78 Å². The largest absolute Gasteiger partial charge is 0.323 e. The molecule has 0 spiro atoms. The predicted molar refractivity (Wildman–Crippen MR) is 188 cm³/mol. The second kappa shape index (κ2) is 15.2. The molecule has 4 rings (SSSR count). The van der Waals surface area contributed by atoms with Gasteiger partial charge in [-0.05, 0) is 82.8 Å². The number of aryl methyl sites for hydroxylation is 1. The Balaban J connectivity index is 1.58. The quantitative estimate of drug-likeness (QED) is 0.115. The van der Waals surface area contributed by atoms with Gasteiger partial charge in [0, 0.05) is 17.0 Å². The van der Waals surface area contributed by atoms with E-state index in [2.05, 4.69) is 32.2 Å². The first-order valence-electron chi connectivity index (χ1n) is 15.3. The van der Waals surface area contributed by atoms with E-state index in [0.29, 0.717) is 16.1 Å². The summed E-state index contributed by atoms with van der Waals surface area (Å²) in [4.78, 5) is 26.4. The fourth-order valence-corrected chi connectivity index (χ4v) is 5.74. The number of rotatable bonds is 12. The molecule has 0 saturated heterocycles. The van der Waals surface area contributed by atoms with Gasteiger partial charge in [-0.3, -0.25) is 14.1 Å². The van der Waals surface area contributed by atoms with Gasteiger partial charge in [-0.15, -0.1) is 0 Å². The van der Waals surface area contributed by atoms with Crippen molar-refractivity contribution in [1.82, 2.24) is 0 Å². The van der Waals surface area contributed by atoms with Crippen molar-refractivity contribution < 1.29 is 27.0 Å².